The first kappa shape index (κ1) is 17.4. The summed E-state index contributed by atoms with van der Waals surface area (Å²) in [6.07, 6.45) is 11.3. The van der Waals surface area contributed by atoms with Crippen molar-refractivity contribution in [3.8, 4) is 35.5 Å². The average molecular weight is 266 g/mol. The van der Waals surface area contributed by atoms with Crippen LogP contribution in [-0.4, -0.2) is 11.1 Å². The van der Waals surface area contributed by atoms with Crippen LogP contribution in [0.1, 0.15) is 33.1 Å². The third-order valence-electron chi connectivity index (χ3n) is 2.25. The predicted molar refractivity (Wildman–Crippen MR) is 82.5 cm³/mol. The Bertz CT molecular complexity index is 570. The Hall–Kier alpha value is -2.63. The van der Waals surface area contributed by atoms with Gasteiger partial charge in [0.25, 0.3) is 0 Å². The standard InChI is InChI=1S/C18H18O2/c1-3-5-6-7-8-9-10-11-12-13-14-15-16-17(4-2)18(19)20/h4,10-13H,14-16H2,1-2H3,(H,19,20). The Labute approximate surface area is 121 Å². The molecule has 0 atom stereocenters. The summed E-state index contributed by atoms with van der Waals surface area (Å²) in [6.45, 7) is 3.47. The van der Waals surface area contributed by atoms with Crippen molar-refractivity contribution in [2.45, 2.75) is 33.1 Å². The van der Waals surface area contributed by atoms with E-state index in [2.05, 4.69) is 35.5 Å². The van der Waals surface area contributed by atoms with Gasteiger partial charge in [-0.1, -0.05) is 36.1 Å². The maximum absolute atomic E-state index is 10.7. The number of carbonyl (C=O) groups is 1. The van der Waals surface area contributed by atoms with Crippen molar-refractivity contribution in [2.24, 2.45) is 0 Å². The lowest BCUT2D eigenvalue weighted by Gasteiger charge is -1.98. The Morgan fingerprint density at radius 2 is 1.90 bits per heavy atom. The topological polar surface area (TPSA) is 37.3 Å². The average Bonchev–Trinajstić information content (AvgIpc) is 2.43. The molecule has 0 fully saturated rings. The van der Waals surface area contributed by atoms with Crippen LogP contribution in [0.5, 0.6) is 0 Å². The molecule has 0 unspecified atom stereocenters. The predicted octanol–water partition coefficient (Wildman–Crippen LogP) is 3.33. The summed E-state index contributed by atoms with van der Waals surface area (Å²) >= 11 is 0. The number of unbranched alkanes of at least 4 members (excludes halogenated alkanes) is 1. The van der Waals surface area contributed by atoms with Crippen LogP contribution in [0.3, 0.4) is 0 Å². The molecule has 0 radical (unpaired) electrons. The van der Waals surface area contributed by atoms with E-state index in [9.17, 15) is 4.79 Å². The van der Waals surface area contributed by atoms with Crippen LogP contribution in [0.15, 0.2) is 36.0 Å². The maximum Gasteiger partial charge on any atom is 0.331 e. The first-order valence-corrected chi connectivity index (χ1v) is 6.34. The molecule has 0 rings (SSSR count). The highest BCUT2D eigenvalue weighted by Crippen LogP contribution is 2.07. The van der Waals surface area contributed by atoms with E-state index in [0.717, 1.165) is 12.8 Å². The van der Waals surface area contributed by atoms with Crippen LogP contribution in [0.4, 0.5) is 0 Å². The van der Waals surface area contributed by atoms with E-state index >= 15 is 0 Å². The first-order chi connectivity index (χ1) is 9.72. The van der Waals surface area contributed by atoms with Gasteiger partial charge in [0.1, 0.15) is 0 Å². The minimum absolute atomic E-state index is 0.466. The minimum atomic E-state index is -0.833. The van der Waals surface area contributed by atoms with E-state index in [1.807, 2.05) is 18.2 Å². The highest BCUT2D eigenvalue weighted by atomic mass is 16.4. The summed E-state index contributed by atoms with van der Waals surface area (Å²) in [6, 6.07) is 0. The highest BCUT2D eigenvalue weighted by Gasteiger charge is 2.03. The molecule has 0 aromatic rings. The van der Waals surface area contributed by atoms with Crippen molar-refractivity contribution in [2.75, 3.05) is 0 Å². The minimum Gasteiger partial charge on any atom is -0.478 e. The molecule has 20 heavy (non-hydrogen) atoms. The van der Waals surface area contributed by atoms with Gasteiger partial charge in [-0.3, -0.25) is 0 Å². The molecule has 0 spiro atoms. The smallest absolute Gasteiger partial charge is 0.331 e. The Kier molecular flexibility index (Phi) is 11.1. The van der Waals surface area contributed by atoms with Gasteiger partial charge in [0.15, 0.2) is 0 Å². The molecule has 2 heteroatoms. The molecule has 0 aromatic carbocycles. The fourth-order valence-electron chi connectivity index (χ4n) is 1.27. The number of allylic oxidation sites excluding steroid dienone is 5. The quantitative estimate of drug-likeness (QED) is 0.346. The molecule has 2 nitrogen and oxygen atoms in total. The van der Waals surface area contributed by atoms with Crippen LogP contribution in [0.25, 0.3) is 0 Å². The molecule has 0 aromatic heterocycles. The Morgan fingerprint density at radius 1 is 1.15 bits per heavy atom. The fourth-order valence-corrected chi connectivity index (χ4v) is 1.27. The molecule has 0 aliphatic heterocycles. The summed E-state index contributed by atoms with van der Waals surface area (Å²) < 4.78 is 0. The largest absolute Gasteiger partial charge is 0.478 e. The molecule has 1 N–H and O–H groups in total. The van der Waals surface area contributed by atoms with E-state index in [-0.39, 0.29) is 0 Å². The molecule has 0 bridgehead atoms. The van der Waals surface area contributed by atoms with Crippen LogP contribution in [-0.2, 0) is 4.79 Å². The number of rotatable bonds is 6. The second-order valence-corrected chi connectivity index (χ2v) is 3.69. The van der Waals surface area contributed by atoms with E-state index in [4.69, 9.17) is 5.11 Å². The van der Waals surface area contributed by atoms with Crippen LogP contribution in [0, 0.1) is 35.5 Å². The highest BCUT2D eigenvalue weighted by molar-refractivity contribution is 5.86. The van der Waals surface area contributed by atoms with Gasteiger partial charge in [-0.25, -0.2) is 4.79 Å². The summed E-state index contributed by atoms with van der Waals surface area (Å²) in [4.78, 5) is 10.7. The van der Waals surface area contributed by atoms with Crippen molar-refractivity contribution >= 4 is 5.97 Å². The van der Waals surface area contributed by atoms with Gasteiger partial charge in [0, 0.05) is 5.57 Å². The number of carboxylic acids is 1. The number of aliphatic carboxylic acids is 1. The van der Waals surface area contributed by atoms with Gasteiger partial charge in [-0.15, -0.1) is 0 Å². The van der Waals surface area contributed by atoms with E-state index in [1.54, 1.807) is 26.0 Å². The van der Waals surface area contributed by atoms with Crippen molar-refractivity contribution < 1.29 is 9.90 Å². The van der Waals surface area contributed by atoms with Crippen LogP contribution >= 0.6 is 0 Å². The molecule has 0 aliphatic carbocycles. The zero-order valence-electron chi connectivity index (χ0n) is 11.9. The van der Waals surface area contributed by atoms with Gasteiger partial charge in [0.05, 0.1) is 0 Å². The molecular weight excluding hydrogens is 248 g/mol. The Morgan fingerprint density at radius 3 is 2.55 bits per heavy atom. The molecule has 0 amide bonds. The number of carboxylic acid groups (broad SMARTS) is 1. The normalized spacial score (nSPS) is 10.2. The third-order valence-corrected chi connectivity index (χ3v) is 2.25. The van der Waals surface area contributed by atoms with E-state index in [0.29, 0.717) is 12.0 Å². The van der Waals surface area contributed by atoms with Crippen molar-refractivity contribution in [3.63, 3.8) is 0 Å². The SMILES string of the molecule is CC#CC#CC#CC=CC=CCCCC(=CC)C(=O)O. The Balaban J connectivity index is 3.90. The monoisotopic (exact) mass is 266 g/mol. The summed E-state index contributed by atoms with van der Waals surface area (Å²) in [5.41, 5.74) is 0.466. The fraction of sp³-hybridized carbons (Fsp3) is 0.278. The van der Waals surface area contributed by atoms with Gasteiger partial charge < -0.3 is 5.11 Å². The molecule has 0 saturated heterocycles. The van der Waals surface area contributed by atoms with Gasteiger partial charge >= 0.3 is 5.97 Å². The third kappa shape index (κ3) is 10.5. The van der Waals surface area contributed by atoms with Crippen molar-refractivity contribution in [1.29, 1.82) is 0 Å². The first-order valence-electron chi connectivity index (χ1n) is 6.34. The second-order valence-electron chi connectivity index (χ2n) is 3.69. The molecule has 0 saturated carbocycles. The summed E-state index contributed by atoms with van der Waals surface area (Å²) in [5.74, 6) is 15.0. The number of hydrogen-bond donors (Lipinski definition) is 1. The van der Waals surface area contributed by atoms with Gasteiger partial charge in [-0.05, 0) is 62.9 Å². The molecular formula is C18H18O2. The molecule has 0 aliphatic rings. The lowest BCUT2D eigenvalue weighted by molar-refractivity contribution is -0.132. The summed E-state index contributed by atoms with van der Waals surface area (Å²) in [7, 11) is 0. The van der Waals surface area contributed by atoms with Crippen molar-refractivity contribution in [1.82, 2.24) is 0 Å². The lowest BCUT2D eigenvalue weighted by atomic mass is 10.1. The lowest BCUT2D eigenvalue weighted by Crippen LogP contribution is -1.99. The zero-order chi connectivity index (χ0) is 15.1. The van der Waals surface area contributed by atoms with Gasteiger partial charge in [0.2, 0.25) is 0 Å². The summed E-state index contributed by atoms with van der Waals surface area (Å²) in [5, 5.41) is 8.82. The molecule has 0 heterocycles. The molecule has 102 valence electrons. The van der Waals surface area contributed by atoms with E-state index in [1.165, 1.54) is 0 Å². The number of hydrogen-bond acceptors (Lipinski definition) is 1. The maximum atomic E-state index is 10.7. The van der Waals surface area contributed by atoms with E-state index < -0.39 is 5.97 Å². The zero-order valence-corrected chi connectivity index (χ0v) is 11.9. The van der Waals surface area contributed by atoms with Crippen LogP contribution < -0.4 is 0 Å². The van der Waals surface area contributed by atoms with Crippen molar-refractivity contribution in [3.05, 3.63) is 36.0 Å². The second kappa shape index (κ2) is 12.8. The van der Waals surface area contributed by atoms with Crippen LogP contribution in [0.2, 0.25) is 0 Å². The van der Waals surface area contributed by atoms with Gasteiger partial charge in [-0.2, -0.15) is 0 Å².